The summed E-state index contributed by atoms with van der Waals surface area (Å²) in [7, 11) is 0. The average Bonchev–Trinajstić information content (AvgIpc) is 3.51. The van der Waals surface area contributed by atoms with E-state index < -0.39 is 24.3 Å². The van der Waals surface area contributed by atoms with Crippen molar-refractivity contribution in [2.45, 2.75) is 38.6 Å². The summed E-state index contributed by atoms with van der Waals surface area (Å²) in [6, 6.07) is 7.87. The zero-order valence-electron chi connectivity index (χ0n) is 15.8. The Balaban J connectivity index is 1.90. The lowest BCUT2D eigenvalue weighted by atomic mass is 9.97. The highest BCUT2D eigenvalue weighted by Crippen LogP contribution is 2.41. The number of rotatable bonds is 6. The summed E-state index contributed by atoms with van der Waals surface area (Å²) in [6.07, 6.45) is -2.85. The lowest BCUT2D eigenvalue weighted by Crippen LogP contribution is -2.30. The molecule has 0 spiro atoms. The van der Waals surface area contributed by atoms with Gasteiger partial charge in [-0.2, -0.15) is 13.2 Å². The largest absolute Gasteiger partial charge is 0.416 e. The molecule has 0 aromatic heterocycles. The normalized spacial score (nSPS) is 15.1. The van der Waals surface area contributed by atoms with Crippen LogP contribution in [0.5, 0.6) is 0 Å². The minimum Gasteiger partial charge on any atom is -0.392 e. The molecule has 154 valence electrons. The molecule has 1 atom stereocenters. The average molecular weight is 407 g/mol. The number of aryl methyl sites for hydroxylation is 1. The van der Waals surface area contributed by atoms with E-state index >= 15 is 0 Å². The lowest BCUT2D eigenvalue weighted by Gasteiger charge is -2.20. The van der Waals surface area contributed by atoms with Crippen LogP contribution in [0.2, 0.25) is 0 Å². The van der Waals surface area contributed by atoms with Gasteiger partial charge in [-0.1, -0.05) is 18.7 Å². The van der Waals surface area contributed by atoms with Gasteiger partial charge in [-0.25, -0.2) is 4.39 Å². The maximum Gasteiger partial charge on any atom is 0.416 e. The fraction of sp³-hybridized carbons (Fsp3) is 0.318. The standard InChI is InChI=1S/C22H21F4NO2/c1-12-7-16(5-6-19(12)23)20(15-3-4-15)27-21(29)18-9-14(11-28)8-17(10-18)13(2)22(24,25)26/h5-10,15,20,28H,2-4,11H2,1H3,(H,27,29)/t20-/m0/s1. The molecular weight excluding hydrogens is 386 g/mol. The Morgan fingerprint density at radius 3 is 2.41 bits per heavy atom. The summed E-state index contributed by atoms with van der Waals surface area (Å²) in [5.41, 5.74) is 0.0241. The summed E-state index contributed by atoms with van der Waals surface area (Å²) in [4.78, 5) is 12.8. The maximum absolute atomic E-state index is 13.6. The topological polar surface area (TPSA) is 49.3 Å². The van der Waals surface area contributed by atoms with Gasteiger partial charge in [-0.05, 0) is 72.2 Å². The van der Waals surface area contributed by atoms with Crippen LogP contribution in [-0.2, 0) is 6.61 Å². The predicted octanol–water partition coefficient (Wildman–Crippen LogP) is 5.08. The van der Waals surface area contributed by atoms with Gasteiger partial charge in [0.05, 0.1) is 18.2 Å². The quantitative estimate of drug-likeness (QED) is 0.656. The Kier molecular flexibility index (Phi) is 5.80. The van der Waals surface area contributed by atoms with Crippen molar-refractivity contribution in [3.63, 3.8) is 0 Å². The smallest absolute Gasteiger partial charge is 0.392 e. The molecular formula is C22H21F4NO2. The van der Waals surface area contributed by atoms with Gasteiger partial charge in [0.2, 0.25) is 0 Å². The molecule has 1 aliphatic rings. The van der Waals surface area contributed by atoms with E-state index in [0.717, 1.165) is 30.5 Å². The monoisotopic (exact) mass is 407 g/mol. The summed E-state index contributed by atoms with van der Waals surface area (Å²) in [5, 5.41) is 12.2. The third kappa shape index (κ3) is 4.85. The first-order chi connectivity index (χ1) is 13.6. The number of allylic oxidation sites excluding steroid dienone is 1. The molecule has 0 saturated heterocycles. The summed E-state index contributed by atoms with van der Waals surface area (Å²) >= 11 is 0. The molecule has 0 heterocycles. The minimum atomic E-state index is -4.65. The lowest BCUT2D eigenvalue weighted by molar-refractivity contribution is -0.0686. The van der Waals surface area contributed by atoms with Crippen LogP contribution in [0.4, 0.5) is 17.6 Å². The third-order valence-corrected chi connectivity index (χ3v) is 5.05. The molecule has 7 heteroatoms. The number of nitrogens with one attached hydrogen (secondary N) is 1. The zero-order valence-corrected chi connectivity index (χ0v) is 15.8. The number of aliphatic hydroxyl groups excluding tert-OH is 1. The van der Waals surface area contributed by atoms with Crippen molar-refractivity contribution >= 4 is 11.5 Å². The highest BCUT2D eigenvalue weighted by atomic mass is 19.4. The molecule has 0 radical (unpaired) electrons. The van der Waals surface area contributed by atoms with Crippen LogP contribution in [0.3, 0.4) is 0 Å². The first-order valence-corrected chi connectivity index (χ1v) is 9.18. The molecule has 3 nitrogen and oxygen atoms in total. The SMILES string of the molecule is C=C(c1cc(CO)cc(C(=O)N[C@H](c2ccc(F)c(C)c2)C2CC2)c1)C(F)(F)F. The second-order valence-corrected chi connectivity index (χ2v) is 7.35. The Morgan fingerprint density at radius 1 is 1.21 bits per heavy atom. The van der Waals surface area contributed by atoms with Crippen LogP contribution in [0.15, 0.2) is 43.0 Å². The van der Waals surface area contributed by atoms with Gasteiger partial charge in [0.25, 0.3) is 5.91 Å². The number of amides is 1. The van der Waals surface area contributed by atoms with E-state index in [1.807, 2.05) is 0 Å². The first-order valence-electron chi connectivity index (χ1n) is 9.18. The number of alkyl halides is 3. The van der Waals surface area contributed by atoms with E-state index in [2.05, 4.69) is 11.9 Å². The Hall–Kier alpha value is -2.67. The van der Waals surface area contributed by atoms with E-state index in [0.29, 0.717) is 5.56 Å². The van der Waals surface area contributed by atoms with Crippen molar-refractivity contribution in [2.24, 2.45) is 5.92 Å². The number of aliphatic hydroxyl groups is 1. The number of halogens is 4. The molecule has 2 aromatic rings. The van der Waals surface area contributed by atoms with Crippen molar-refractivity contribution < 1.29 is 27.5 Å². The van der Waals surface area contributed by atoms with Crippen molar-refractivity contribution in [3.05, 3.63) is 76.6 Å². The van der Waals surface area contributed by atoms with Crippen LogP contribution in [0.1, 0.15) is 51.5 Å². The summed E-state index contributed by atoms with van der Waals surface area (Å²) < 4.78 is 52.7. The molecule has 2 N–H and O–H groups in total. The van der Waals surface area contributed by atoms with Crippen LogP contribution >= 0.6 is 0 Å². The van der Waals surface area contributed by atoms with Crippen LogP contribution < -0.4 is 5.32 Å². The van der Waals surface area contributed by atoms with Crippen molar-refractivity contribution in [1.82, 2.24) is 5.32 Å². The Morgan fingerprint density at radius 2 is 1.86 bits per heavy atom. The molecule has 1 amide bonds. The number of carbonyl (C=O) groups is 1. The van der Waals surface area contributed by atoms with Gasteiger partial charge in [0.1, 0.15) is 5.82 Å². The summed E-state index contributed by atoms with van der Waals surface area (Å²) in [6.45, 7) is 4.18. The van der Waals surface area contributed by atoms with E-state index in [-0.39, 0.29) is 34.5 Å². The van der Waals surface area contributed by atoms with E-state index in [1.165, 1.54) is 12.1 Å². The zero-order chi connectivity index (χ0) is 21.3. The number of hydrogen-bond acceptors (Lipinski definition) is 2. The summed E-state index contributed by atoms with van der Waals surface area (Å²) in [5.74, 6) is -0.717. The molecule has 1 aliphatic carbocycles. The van der Waals surface area contributed by atoms with Gasteiger partial charge in [0.15, 0.2) is 0 Å². The highest BCUT2D eigenvalue weighted by molar-refractivity contribution is 5.95. The van der Waals surface area contributed by atoms with Crippen molar-refractivity contribution in [2.75, 3.05) is 0 Å². The number of hydrogen-bond donors (Lipinski definition) is 2. The molecule has 1 fully saturated rings. The van der Waals surface area contributed by atoms with Gasteiger partial charge in [0, 0.05) is 5.56 Å². The second-order valence-electron chi connectivity index (χ2n) is 7.35. The van der Waals surface area contributed by atoms with Crippen molar-refractivity contribution in [1.29, 1.82) is 0 Å². The number of carbonyl (C=O) groups excluding carboxylic acids is 1. The first kappa shape index (κ1) is 21.0. The molecule has 0 aliphatic heterocycles. The third-order valence-electron chi connectivity index (χ3n) is 5.05. The van der Waals surface area contributed by atoms with E-state index in [1.54, 1.807) is 19.1 Å². The van der Waals surface area contributed by atoms with E-state index in [4.69, 9.17) is 0 Å². The molecule has 1 saturated carbocycles. The van der Waals surface area contributed by atoms with Gasteiger partial charge >= 0.3 is 6.18 Å². The minimum absolute atomic E-state index is 0.00133. The predicted molar refractivity (Wildman–Crippen MR) is 102 cm³/mol. The van der Waals surface area contributed by atoms with Gasteiger partial charge < -0.3 is 10.4 Å². The van der Waals surface area contributed by atoms with Gasteiger partial charge in [-0.3, -0.25) is 4.79 Å². The Labute approximate surface area is 166 Å². The van der Waals surface area contributed by atoms with Crippen LogP contribution in [-0.4, -0.2) is 17.2 Å². The molecule has 29 heavy (non-hydrogen) atoms. The molecule has 0 unspecified atom stereocenters. The fourth-order valence-electron chi connectivity index (χ4n) is 3.24. The molecule has 2 aromatic carbocycles. The fourth-order valence-corrected chi connectivity index (χ4v) is 3.24. The molecule has 0 bridgehead atoms. The number of benzene rings is 2. The maximum atomic E-state index is 13.6. The Bertz CT molecular complexity index is 948. The van der Waals surface area contributed by atoms with Gasteiger partial charge in [-0.15, -0.1) is 0 Å². The van der Waals surface area contributed by atoms with Crippen LogP contribution in [0, 0.1) is 18.7 Å². The highest BCUT2D eigenvalue weighted by Gasteiger charge is 2.35. The van der Waals surface area contributed by atoms with Crippen molar-refractivity contribution in [3.8, 4) is 0 Å². The van der Waals surface area contributed by atoms with Crippen LogP contribution in [0.25, 0.3) is 5.57 Å². The second kappa shape index (κ2) is 7.99. The van der Waals surface area contributed by atoms with E-state index in [9.17, 15) is 27.5 Å². The molecule has 3 rings (SSSR count).